The first kappa shape index (κ1) is 12.4. The molecule has 0 aliphatic rings. The van der Waals surface area contributed by atoms with E-state index in [4.69, 9.17) is 0 Å². The van der Waals surface area contributed by atoms with Gasteiger partial charge in [-0.2, -0.15) is 4.31 Å². The van der Waals surface area contributed by atoms with Gasteiger partial charge in [-0.15, -0.1) is 0 Å². The second kappa shape index (κ2) is 3.63. The van der Waals surface area contributed by atoms with Gasteiger partial charge in [0.15, 0.2) is 0 Å². The van der Waals surface area contributed by atoms with Crippen molar-refractivity contribution in [2.24, 2.45) is 0 Å². The maximum atomic E-state index is 11.3. The minimum atomic E-state index is -3.34. The van der Waals surface area contributed by atoms with Gasteiger partial charge in [-0.05, 0) is 13.8 Å². The second-order valence-corrected chi connectivity index (χ2v) is 5.38. The Balaban J connectivity index is 4.96. The van der Waals surface area contributed by atoms with Gasteiger partial charge in [-0.25, -0.2) is 8.42 Å². The van der Waals surface area contributed by atoms with Crippen molar-refractivity contribution < 1.29 is 13.2 Å². The average Bonchev–Trinajstić information content (AvgIpc) is 1.99. The van der Waals surface area contributed by atoms with Crippen molar-refractivity contribution in [3.8, 4) is 0 Å². The van der Waals surface area contributed by atoms with Crippen LogP contribution in [-0.4, -0.2) is 44.5 Å². The van der Waals surface area contributed by atoms with E-state index in [0.29, 0.717) is 0 Å². The van der Waals surface area contributed by atoms with Gasteiger partial charge in [0.2, 0.25) is 15.9 Å². The first-order valence-corrected chi connectivity index (χ1v) is 5.65. The Morgan fingerprint density at radius 1 is 1.38 bits per heavy atom. The zero-order chi connectivity index (χ0) is 10.9. The van der Waals surface area contributed by atoms with E-state index in [1.54, 1.807) is 13.8 Å². The lowest BCUT2D eigenvalue weighted by atomic mass is 10.1. The van der Waals surface area contributed by atoms with E-state index in [-0.39, 0.29) is 5.91 Å². The highest BCUT2D eigenvalue weighted by molar-refractivity contribution is 7.88. The Labute approximate surface area is 79.2 Å². The van der Waals surface area contributed by atoms with Crippen LogP contribution in [0.5, 0.6) is 0 Å². The SMILES string of the molecule is CNC(=O)C(C)(C)N(C)S(C)(=O)=O. The Kier molecular flexibility index (Phi) is 3.46. The van der Waals surface area contributed by atoms with Crippen LogP contribution in [0.4, 0.5) is 0 Å². The molecule has 0 rings (SSSR count). The summed E-state index contributed by atoms with van der Waals surface area (Å²) in [6.45, 7) is 3.10. The van der Waals surface area contributed by atoms with Crippen molar-refractivity contribution in [2.45, 2.75) is 19.4 Å². The van der Waals surface area contributed by atoms with Crippen LogP contribution in [-0.2, 0) is 14.8 Å². The van der Waals surface area contributed by atoms with Crippen molar-refractivity contribution >= 4 is 15.9 Å². The molecule has 0 fully saturated rings. The summed E-state index contributed by atoms with van der Waals surface area (Å²) in [5, 5.41) is 2.41. The third-order valence-electron chi connectivity index (χ3n) is 2.07. The molecule has 5 nitrogen and oxygen atoms in total. The molecule has 0 aromatic rings. The summed E-state index contributed by atoms with van der Waals surface area (Å²) in [6, 6.07) is 0. The lowest BCUT2D eigenvalue weighted by Gasteiger charge is -2.31. The third-order valence-corrected chi connectivity index (χ3v) is 3.52. The number of nitrogens with one attached hydrogen (secondary N) is 1. The van der Waals surface area contributed by atoms with Gasteiger partial charge in [0.05, 0.1) is 6.26 Å². The molecule has 0 radical (unpaired) electrons. The summed E-state index contributed by atoms with van der Waals surface area (Å²) >= 11 is 0. The topological polar surface area (TPSA) is 66.5 Å². The maximum Gasteiger partial charge on any atom is 0.240 e. The highest BCUT2D eigenvalue weighted by atomic mass is 32.2. The second-order valence-electron chi connectivity index (χ2n) is 3.37. The first-order valence-electron chi connectivity index (χ1n) is 3.80. The van der Waals surface area contributed by atoms with Crippen molar-refractivity contribution in [3.05, 3.63) is 0 Å². The fourth-order valence-electron chi connectivity index (χ4n) is 0.863. The molecule has 1 N–H and O–H groups in total. The largest absolute Gasteiger partial charge is 0.358 e. The molecule has 1 amide bonds. The molecule has 0 heterocycles. The molecule has 0 bridgehead atoms. The lowest BCUT2D eigenvalue weighted by Crippen LogP contribution is -2.54. The summed E-state index contributed by atoms with van der Waals surface area (Å²) < 4.78 is 23.3. The summed E-state index contributed by atoms with van der Waals surface area (Å²) in [4.78, 5) is 11.3. The standard InChI is InChI=1S/C7H16N2O3S/c1-7(2,6(10)8-3)9(4)13(5,11)12/h1-5H3,(H,8,10). The minimum absolute atomic E-state index is 0.333. The number of amides is 1. The number of nitrogens with zero attached hydrogens (tertiary/aromatic N) is 1. The molecule has 0 atom stereocenters. The zero-order valence-corrected chi connectivity index (χ0v) is 9.40. The van der Waals surface area contributed by atoms with Crippen LogP contribution in [0.15, 0.2) is 0 Å². The van der Waals surface area contributed by atoms with Gasteiger partial charge in [-0.3, -0.25) is 4.79 Å². The fraction of sp³-hybridized carbons (Fsp3) is 0.857. The van der Waals surface area contributed by atoms with E-state index in [1.807, 2.05) is 0 Å². The van der Waals surface area contributed by atoms with E-state index >= 15 is 0 Å². The molecular formula is C7H16N2O3S. The first-order chi connectivity index (χ1) is 5.64. The molecule has 0 aliphatic heterocycles. The number of rotatable bonds is 3. The molecule has 0 unspecified atom stereocenters. The van der Waals surface area contributed by atoms with Crippen molar-refractivity contribution in [3.63, 3.8) is 0 Å². The highest BCUT2D eigenvalue weighted by Crippen LogP contribution is 2.15. The van der Waals surface area contributed by atoms with Gasteiger partial charge in [0.1, 0.15) is 5.54 Å². The minimum Gasteiger partial charge on any atom is -0.358 e. The molecular weight excluding hydrogens is 192 g/mol. The van der Waals surface area contributed by atoms with Gasteiger partial charge in [-0.1, -0.05) is 0 Å². The number of hydrogen-bond acceptors (Lipinski definition) is 3. The number of carbonyl (C=O) groups excluding carboxylic acids is 1. The molecule has 13 heavy (non-hydrogen) atoms. The average molecular weight is 208 g/mol. The van der Waals surface area contributed by atoms with E-state index in [2.05, 4.69) is 5.32 Å². The Bertz CT molecular complexity index is 295. The molecule has 0 saturated heterocycles. The summed E-state index contributed by atoms with van der Waals surface area (Å²) in [6.07, 6.45) is 1.07. The van der Waals surface area contributed by atoms with Crippen LogP contribution in [0.1, 0.15) is 13.8 Å². The molecule has 0 aromatic heterocycles. The van der Waals surface area contributed by atoms with Crippen molar-refractivity contribution in [1.29, 1.82) is 0 Å². The molecule has 78 valence electrons. The Morgan fingerprint density at radius 2 is 1.77 bits per heavy atom. The number of carbonyl (C=O) groups is 1. The predicted octanol–water partition coefficient (Wildman–Crippen LogP) is -0.598. The maximum absolute atomic E-state index is 11.3. The smallest absolute Gasteiger partial charge is 0.240 e. The van der Waals surface area contributed by atoms with Gasteiger partial charge >= 0.3 is 0 Å². The number of hydrogen-bond donors (Lipinski definition) is 1. The predicted molar refractivity (Wildman–Crippen MR) is 50.8 cm³/mol. The van der Waals surface area contributed by atoms with Gasteiger partial charge in [0.25, 0.3) is 0 Å². The summed E-state index contributed by atoms with van der Waals surface area (Å²) in [5.74, 6) is -0.333. The summed E-state index contributed by atoms with van der Waals surface area (Å²) in [5.41, 5.74) is -1.05. The molecule has 0 aliphatic carbocycles. The molecule has 0 spiro atoms. The van der Waals surface area contributed by atoms with E-state index in [0.717, 1.165) is 10.6 Å². The van der Waals surface area contributed by atoms with Crippen LogP contribution >= 0.6 is 0 Å². The summed E-state index contributed by atoms with van der Waals surface area (Å²) in [7, 11) is -0.491. The van der Waals surface area contributed by atoms with Crippen LogP contribution < -0.4 is 5.32 Å². The molecule has 0 aromatic carbocycles. The van der Waals surface area contributed by atoms with Gasteiger partial charge < -0.3 is 5.32 Å². The third kappa shape index (κ3) is 2.67. The molecule has 6 heteroatoms. The van der Waals surface area contributed by atoms with Crippen LogP contribution in [0.2, 0.25) is 0 Å². The number of sulfonamides is 1. The normalized spacial score (nSPS) is 13.1. The van der Waals surface area contributed by atoms with Crippen LogP contribution in [0.3, 0.4) is 0 Å². The van der Waals surface area contributed by atoms with Crippen LogP contribution in [0, 0.1) is 0 Å². The van der Waals surface area contributed by atoms with Crippen molar-refractivity contribution in [1.82, 2.24) is 9.62 Å². The molecule has 0 saturated carbocycles. The highest BCUT2D eigenvalue weighted by Gasteiger charge is 2.36. The van der Waals surface area contributed by atoms with Crippen molar-refractivity contribution in [2.75, 3.05) is 20.4 Å². The lowest BCUT2D eigenvalue weighted by molar-refractivity contribution is -0.128. The van der Waals surface area contributed by atoms with E-state index in [1.165, 1.54) is 14.1 Å². The quantitative estimate of drug-likeness (QED) is 0.673. The zero-order valence-electron chi connectivity index (χ0n) is 8.58. The van der Waals surface area contributed by atoms with E-state index in [9.17, 15) is 13.2 Å². The Hall–Kier alpha value is -0.620. The van der Waals surface area contributed by atoms with E-state index < -0.39 is 15.6 Å². The monoisotopic (exact) mass is 208 g/mol. The Morgan fingerprint density at radius 3 is 2.00 bits per heavy atom. The van der Waals surface area contributed by atoms with Gasteiger partial charge in [0, 0.05) is 14.1 Å². The number of likely N-dealkylation sites (N-methyl/N-ethyl adjacent to an activating group) is 2. The fourth-order valence-corrected chi connectivity index (χ4v) is 1.78. The van der Waals surface area contributed by atoms with Crippen LogP contribution in [0.25, 0.3) is 0 Å².